The van der Waals surface area contributed by atoms with Crippen molar-refractivity contribution in [1.82, 2.24) is 0 Å². The molecule has 1 radical (unpaired) electrons. The molecule has 0 bridgehead atoms. The molecule has 0 aliphatic heterocycles. The van der Waals surface area contributed by atoms with E-state index in [0.29, 0.717) is 0 Å². The minimum Gasteiger partial charge on any atom is -0.545 e. The van der Waals surface area contributed by atoms with E-state index in [1.807, 2.05) is 0 Å². The minimum absolute atomic E-state index is 0. The van der Waals surface area contributed by atoms with Crippen molar-refractivity contribution < 1.29 is 36.9 Å². The summed E-state index contributed by atoms with van der Waals surface area (Å²) in [7, 11) is 0. The molecule has 0 amide bonds. The summed E-state index contributed by atoms with van der Waals surface area (Å²) in [4.78, 5) is 20.8. The van der Waals surface area contributed by atoms with E-state index in [1.165, 1.54) is 0 Å². The van der Waals surface area contributed by atoms with Gasteiger partial charge in [0, 0.05) is 0 Å². The van der Waals surface area contributed by atoms with Crippen molar-refractivity contribution in [2.24, 2.45) is 0 Å². The SMILES string of the molecule is CCC(C(=O)[O-])=C(CC)C(=O)[O-].[Cu+2]. The Hall–Kier alpha value is -0.801. The molecular formula is C8H10CuO4. The van der Waals surface area contributed by atoms with Gasteiger partial charge in [-0.3, -0.25) is 0 Å². The van der Waals surface area contributed by atoms with Gasteiger partial charge in [-0.2, -0.15) is 0 Å². The zero-order valence-electron chi connectivity index (χ0n) is 7.35. The van der Waals surface area contributed by atoms with E-state index in [1.54, 1.807) is 13.8 Å². The smallest absolute Gasteiger partial charge is 0.545 e. The first-order valence-electron chi connectivity index (χ1n) is 3.69. The van der Waals surface area contributed by atoms with E-state index < -0.39 is 11.9 Å². The van der Waals surface area contributed by atoms with Gasteiger partial charge < -0.3 is 19.8 Å². The van der Waals surface area contributed by atoms with Gasteiger partial charge in [0.05, 0.1) is 11.9 Å². The van der Waals surface area contributed by atoms with Gasteiger partial charge in [0.25, 0.3) is 0 Å². The zero-order chi connectivity index (χ0) is 9.72. The fourth-order valence-electron chi connectivity index (χ4n) is 0.962. The number of carbonyl (C=O) groups is 2. The molecule has 0 aromatic heterocycles. The fourth-order valence-corrected chi connectivity index (χ4v) is 0.962. The molecule has 13 heavy (non-hydrogen) atoms. The van der Waals surface area contributed by atoms with Crippen LogP contribution in [0.4, 0.5) is 0 Å². The van der Waals surface area contributed by atoms with E-state index in [2.05, 4.69) is 0 Å². The van der Waals surface area contributed by atoms with Crippen LogP contribution in [-0.2, 0) is 26.7 Å². The van der Waals surface area contributed by atoms with Gasteiger partial charge in [0.15, 0.2) is 0 Å². The number of hydrogen-bond acceptors (Lipinski definition) is 4. The molecule has 0 aromatic rings. The number of aliphatic carboxylic acids is 2. The fraction of sp³-hybridized carbons (Fsp3) is 0.500. The summed E-state index contributed by atoms with van der Waals surface area (Å²) >= 11 is 0. The molecule has 0 N–H and O–H groups in total. The molecule has 4 nitrogen and oxygen atoms in total. The van der Waals surface area contributed by atoms with Crippen molar-refractivity contribution in [2.45, 2.75) is 26.7 Å². The zero-order valence-corrected chi connectivity index (χ0v) is 8.29. The van der Waals surface area contributed by atoms with Crippen molar-refractivity contribution in [3.63, 3.8) is 0 Å². The van der Waals surface area contributed by atoms with E-state index >= 15 is 0 Å². The largest absolute Gasteiger partial charge is 2.00 e. The Morgan fingerprint density at radius 3 is 1.23 bits per heavy atom. The molecule has 0 unspecified atom stereocenters. The number of carboxylic acids is 2. The molecule has 0 aliphatic carbocycles. The molecule has 0 aliphatic rings. The van der Waals surface area contributed by atoms with Crippen LogP contribution in [0, 0.1) is 0 Å². The molecular weight excluding hydrogens is 224 g/mol. The predicted molar refractivity (Wildman–Crippen MR) is 37.6 cm³/mol. The van der Waals surface area contributed by atoms with Gasteiger partial charge in [-0.1, -0.05) is 13.8 Å². The Morgan fingerprint density at radius 2 is 1.15 bits per heavy atom. The summed E-state index contributed by atoms with van der Waals surface area (Å²) in [6.45, 7) is 3.12. The standard InChI is InChI=1S/C8H12O4.Cu/c1-3-5(7(9)10)6(4-2)8(11)12;/h3-4H2,1-2H3,(H,9,10)(H,11,12);/q;+2/p-2. The van der Waals surface area contributed by atoms with Crippen molar-refractivity contribution in [3.8, 4) is 0 Å². The molecule has 0 spiro atoms. The number of rotatable bonds is 4. The van der Waals surface area contributed by atoms with Gasteiger partial charge >= 0.3 is 17.1 Å². The van der Waals surface area contributed by atoms with Crippen LogP contribution in [0.3, 0.4) is 0 Å². The van der Waals surface area contributed by atoms with Crippen LogP contribution < -0.4 is 10.2 Å². The Balaban J connectivity index is 0. The Bertz CT molecular complexity index is 208. The van der Waals surface area contributed by atoms with Crippen molar-refractivity contribution in [2.75, 3.05) is 0 Å². The summed E-state index contributed by atoms with van der Waals surface area (Å²) in [6, 6.07) is 0. The van der Waals surface area contributed by atoms with E-state index in [4.69, 9.17) is 0 Å². The first-order valence-corrected chi connectivity index (χ1v) is 3.69. The average Bonchev–Trinajstić information content (AvgIpc) is 1.98. The van der Waals surface area contributed by atoms with Crippen LogP contribution in [0.5, 0.6) is 0 Å². The topological polar surface area (TPSA) is 80.3 Å². The summed E-state index contributed by atoms with van der Waals surface area (Å²) in [5.41, 5.74) is -0.366. The number of hydrogen-bond donors (Lipinski definition) is 0. The Morgan fingerprint density at radius 1 is 0.923 bits per heavy atom. The monoisotopic (exact) mass is 233 g/mol. The first-order chi connectivity index (χ1) is 5.54. The third kappa shape index (κ3) is 4.10. The molecule has 0 atom stereocenters. The van der Waals surface area contributed by atoms with Crippen LogP contribution >= 0.6 is 0 Å². The van der Waals surface area contributed by atoms with Crippen LogP contribution in [0.15, 0.2) is 11.1 Å². The third-order valence-electron chi connectivity index (χ3n) is 1.56. The minimum atomic E-state index is -1.43. The average molecular weight is 234 g/mol. The quantitative estimate of drug-likeness (QED) is 0.442. The second-order valence-corrected chi connectivity index (χ2v) is 2.24. The first kappa shape index (κ1) is 14.7. The van der Waals surface area contributed by atoms with Crippen molar-refractivity contribution >= 4 is 11.9 Å². The van der Waals surface area contributed by atoms with Gasteiger partial charge in [-0.05, 0) is 24.0 Å². The number of carbonyl (C=O) groups excluding carboxylic acids is 2. The summed E-state index contributed by atoms with van der Waals surface area (Å²) in [6.07, 6.45) is 0.277. The predicted octanol–water partition coefficient (Wildman–Crippen LogP) is -1.40. The molecule has 5 heteroatoms. The molecule has 77 valence electrons. The molecule has 0 rings (SSSR count). The summed E-state index contributed by atoms with van der Waals surface area (Å²) in [5.74, 6) is -2.86. The van der Waals surface area contributed by atoms with E-state index in [0.717, 1.165) is 0 Å². The van der Waals surface area contributed by atoms with Crippen LogP contribution in [0.2, 0.25) is 0 Å². The summed E-state index contributed by atoms with van der Waals surface area (Å²) < 4.78 is 0. The van der Waals surface area contributed by atoms with Crippen LogP contribution in [-0.4, -0.2) is 11.9 Å². The Labute approximate surface area is 87.1 Å². The molecule has 0 saturated carbocycles. The van der Waals surface area contributed by atoms with Crippen molar-refractivity contribution in [1.29, 1.82) is 0 Å². The normalized spacial score (nSPS) is 11.2. The second kappa shape index (κ2) is 6.69. The maximum absolute atomic E-state index is 10.4. The molecule has 0 aromatic carbocycles. The van der Waals surface area contributed by atoms with Gasteiger partial charge in [-0.15, -0.1) is 0 Å². The van der Waals surface area contributed by atoms with Gasteiger partial charge in [0.1, 0.15) is 0 Å². The molecule has 0 fully saturated rings. The van der Waals surface area contributed by atoms with E-state index in [-0.39, 0.29) is 41.1 Å². The molecule has 0 heterocycles. The van der Waals surface area contributed by atoms with Crippen LogP contribution in [0.1, 0.15) is 26.7 Å². The molecule has 0 saturated heterocycles. The maximum Gasteiger partial charge on any atom is 2.00 e. The van der Waals surface area contributed by atoms with Gasteiger partial charge in [0.2, 0.25) is 0 Å². The van der Waals surface area contributed by atoms with Crippen molar-refractivity contribution in [3.05, 3.63) is 11.1 Å². The second-order valence-electron chi connectivity index (χ2n) is 2.24. The number of carboxylic acid groups (broad SMARTS) is 2. The van der Waals surface area contributed by atoms with Gasteiger partial charge in [-0.25, -0.2) is 0 Å². The van der Waals surface area contributed by atoms with Crippen LogP contribution in [0.25, 0.3) is 0 Å². The summed E-state index contributed by atoms with van der Waals surface area (Å²) in [5, 5.41) is 20.8. The third-order valence-corrected chi connectivity index (χ3v) is 1.56. The van der Waals surface area contributed by atoms with E-state index in [9.17, 15) is 19.8 Å². The maximum atomic E-state index is 10.4. The Kier molecular flexibility index (Phi) is 7.57.